The van der Waals surface area contributed by atoms with Gasteiger partial charge in [0.2, 0.25) is 0 Å². The van der Waals surface area contributed by atoms with E-state index in [1.54, 1.807) is 4.90 Å². The number of hydrogen-bond donors (Lipinski definition) is 1. The molecule has 34 heavy (non-hydrogen) atoms. The highest BCUT2D eigenvalue weighted by Crippen LogP contribution is 2.36. The van der Waals surface area contributed by atoms with E-state index in [4.69, 9.17) is 14.0 Å². The lowest BCUT2D eigenvalue weighted by atomic mass is 9.79. The van der Waals surface area contributed by atoms with Crippen molar-refractivity contribution >= 4 is 18.7 Å². The lowest BCUT2D eigenvalue weighted by Crippen LogP contribution is -2.43. The van der Waals surface area contributed by atoms with Crippen molar-refractivity contribution in [2.45, 2.75) is 105 Å². The third-order valence-electron chi connectivity index (χ3n) is 6.54. The number of nitrogens with zero attached hydrogens (tertiary/aromatic N) is 2. The lowest BCUT2D eigenvalue weighted by molar-refractivity contribution is 0.00578. The average Bonchev–Trinajstić information content (AvgIpc) is 3.26. The van der Waals surface area contributed by atoms with Gasteiger partial charge in [0.25, 0.3) is 0 Å². The van der Waals surface area contributed by atoms with Crippen molar-refractivity contribution in [1.29, 1.82) is 0 Å². The van der Waals surface area contributed by atoms with Gasteiger partial charge in [-0.1, -0.05) is 31.2 Å². The number of ether oxygens (including phenoxy) is 1. The number of benzene rings is 1. The van der Waals surface area contributed by atoms with Crippen LogP contribution >= 0.6 is 0 Å². The van der Waals surface area contributed by atoms with Crippen molar-refractivity contribution < 1.29 is 18.8 Å². The molecular formula is C26H40BN3O4. The molecule has 0 saturated carbocycles. The molecule has 0 radical (unpaired) electrons. The van der Waals surface area contributed by atoms with Crippen LogP contribution in [0.15, 0.2) is 30.5 Å². The van der Waals surface area contributed by atoms with Crippen LogP contribution in [0.5, 0.6) is 0 Å². The van der Waals surface area contributed by atoms with E-state index in [1.807, 2.05) is 72.0 Å². The topological polar surface area (TPSA) is 76.7 Å². The van der Waals surface area contributed by atoms with E-state index in [0.29, 0.717) is 6.42 Å². The highest BCUT2D eigenvalue weighted by molar-refractivity contribution is 6.62. The van der Waals surface area contributed by atoms with Crippen LogP contribution in [0.3, 0.4) is 0 Å². The zero-order chi connectivity index (χ0) is 25.5. The maximum Gasteiger partial charge on any atom is 0.494 e. The first-order valence-corrected chi connectivity index (χ1v) is 12.2. The molecule has 1 aromatic heterocycles. The van der Waals surface area contributed by atoms with Crippen molar-refractivity contribution in [3.8, 4) is 11.3 Å². The van der Waals surface area contributed by atoms with Crippen LogP contribution in [0.2, 0.25) is 0 Å². The van der Waals surface area contributed by atoms with E-state index >= 15 is 0 Å². The normalized spacial score (nSPS) is 18.3. The van der Waals surface area contributed by atoms with Gasteiger partial charge in [-0.15, -0.1) is 0 Å². The van der Waals surface area contributed by atoms with Crippen LogP contribution in [0.4, 0.5) is 4.79 Å². The minimum Gasteiger partial charge on any atom is -0.444 e. The van der Waals surface area contributed by atoms with Crippen LogP contribution in [0.1, 0.15) is 87.5 Å². The Balaban J connectivity index is 1.80. The summed E-state index contributed by atoms with van der Waals surface area (Å²) in [6.45, 7) is 19.9. The molecule has 1 aromatic carbocycles. The van der Waals surface area contributed by atoms with Crippen LogP contribution in [0, 0.1) is 0 Å². The van der Waals surface area contributed by atoms with Gasteiger partial charge in [-0.05, 0) is 79.8 Å². The van der Waals surface area contributed by atoms with Crippen LogP contribution in [-0.4, -0.2) is 50.9 Å². The van der Waals surface area contributed by atoms with Gasteiger partial charge in [-0.25, -0.2) is 9.78 Å². The van der Waals surface area contributed by atoms with Gasteiger partial charge in [-0.3, -0.25) is 4.90 Å². The molecule has 0 bridgehead atoms. The van der Waals surface area contributed by atoms with Gasteiger partial charge in [0.15, 0.2) is 0 Å². The second-order valence-electron chi connectivity index (χ2n) is 11.3. The smallest absolute Gasteiger partial charge is 0.444 e. The molecule has 1 aliphatic heterocycles. The molecule has 186 valence electrons. The quantitative estimate of drug-likeness (QED) is 0.568. The summed E-state index contributed by atoms with van der Waals surface area (Å²) in [6.07, 6.45) is 2.19. The Morgan fingerprint density at radius 3 is 2.15 bits per heavy atom. The summed E-state index contributed by atoms with van der Waals surface area (Å²) in [6, 6.07) is 7.87. The Morgan fingerprint density at radius 1 is 1.12 bits per heavy atom. The van der Waals surface area contributed by atoms with E-state index in [-0.39, 0.29) is 29.4 Å². The number of aromatic amines is 1. The molecule has 1 amide bonds. The fraction of sp³-hybridized carbons (Fsp3) is 0.615. The number of imidazole rings is 1. The van der Waals surface area contributed by atoms with Crippen molar-refractivity contribution in [3.63, 3.8) is 0 Å². The van der Waals surface area contributed by atoms with E-state index in [0.717, 1.165) is 22.5 Å². The number of hydrogen-bond acceptors (Lipinski definition) is 5. The zero-order valence-corrected chi connectivity index (χ0v) is 22.4. The van der Waals surface area contributed by atoms with Gasteiger partial charge in [0, 0.05) is 6.04 Å². The summed E-state index contributed by atoms with van der Waals surface area (Å²) in [7, 11) is -0.394. The summed E-state index contributed by atoms with van der Waals surface area (Å²) >= 11 is 0. The molecule has 1 N–H and O–H groups in total. The second-order valence-corrected chi connectivity index (χ2v) is 11.3. The highest BCUT2D eigenvalue weighted by Gasteiger charge is 2.51. The van der Waals surface area contributed by atoms with Crippen molar-refractivity contribution in [2.75, 3.05) is 0 Å². The Morgan fingerprint density at radius 2 is 1.68 bits per heavy atom. The van der Waals surface area contributed by atoms with Crippen molar-refractivity contribution in [1.82, 2.24) is 14.9 Å². The number of H-pyrrole nitrogens is 1. The number of aromatic nitrogens is 2. The summed E-state index contributed by atoms with van der Waals surface area (Å²) < 4.78 is 18.0. The zero-order valence-electron chi connectivity index (χ0n) is 22.4. The largest absolute Gasteiger partial charge is 0.494 e. The van der Waals surface area contributed by atoms with Gasteiger partial charge in [0.1, 0.15) is 11.4 Å². The molecule has 1 fully saturated rings. The first-order chi connectivity index (χ1) is 15.6. The molecule has 2 heterocycles. The predicted octanol–water partition coefficient (Wildman–Crippen LogP) is 5.47. The summed E-state index contributed by atoms with van der Waals surface area (Å²) in [5.41, 5.74) is 1.56. The van der Waals surface area contributed by atoms with Gasteiger partial charge in [0.05, 0.1) is 29.1 Å². The van der Waals surface area contributed by atoms with E-state index in [2.05, 4.69) is 37.7 Å². The average molecular weight is 469 g/mol. The summed E-state index contributed by atoms with van der Waals surface area (Å²) in [5.74, 6) is 0.743. The van der Waals surface area contributed by atoms with E-state index in [9.17, 15) is 4.79 Å². The standard InChI is InChI=1S/C26H40BN3O4/c1-11-21(30(17(2)3)23(31)32-24(4,5)6)22-28-16-20(29-22)18-12-14-19(15-13-18)27-33-25(7,8)26(9,10)34-27/h12-17,21H,11H2,1-10H3,(H,28,29)/t21-/m0/s1. The monoisotopic (exact) mass is 469 g/mol. The van der Waals surface area contributed by atoms with Crippen molar-refractivity contribution in [3.05, 3.63) is 36.3 Å². The van der Waals surface area contributed by atoms with Gasteiger partial charge >= 0.3 is 13.2 Å². The summed E-state index contributed by atoms with van der Waals surface area (Å²) in [4.78, 5) is 22.8. The first-order valence-electron chi connectivity index (χ1n) is 12.2. The van der Waals surface area contributed by atoms with Crippen LogP contribution in [0.25, 0.3) is 11.3 Å². The number of carbonyl (C=O) groups excluding carboxylic acids is 1. The molecule has 1 atom stereocenters. The Hall–Kier alpha value is -2.32. The molecule has 3 rings (SSSR count). The molecule has 0 spiro atoms. The van der Waals surface area contributed by atoms with E-state index < -0.39 is 12.7 Å². The molecule has 0 aliphatic carbocycles. The van der Waals surface area contributed by atoms with Gasteiger partial charge < -0.3 is 19.0 Å². The maximum atomic E-state index is 12.9. The van der Waals surface area contributed by atoms with Gasteiger partial charge in [-0.2, -0.15) is 0 Å². The Bertz CT molecular complexity index is 976. The minimum absolute atomic E-state index is 0.0347. The third kappa shape index (κ3) is 5.49. The second kappa shape index (κ2) is 9.38. The number of rotatable bonds is 6. The fourth-order valence-electron chi connectivity index (χ4n) is 3.99. The molecular weight excluding hydrogens is 429 g/mol. The molecule has 0 unspecified atom stereocenters. The molecule has 2 aromatic rings. The molecule has 7 nitrogen and oxygen atoms in total. The number of amides is 1. The van der Waals surface area contributed by atoms with Crippen LogP contribution in [-0.2, 0) is 14.0 Å². The molecule has 8 heteroatoms. The minimum atomic E-state index is -0.560. The third-order valence-corrected chi connectivity index (χ3v) is 6.54. The molecule has 1 aliphatic rings. The SMILES string of the molecule is CC[C@@H](c1ncc(-c2ccc(B3OC(C)(C)C(C)(C)O3)cc2)[nH]1)N(C(=O)OC(C)(C)C)C(C)C. The lowest BCUT2D eigenvalue weighted by Gasteiger charge is -2.35. The number of carbonyl (C=O) groups is 1. The highest BCUT2D eigenvalue weighted by atomic mass is 16.7. The first kappa shape index (κ1) is 26.3. The Kier molecular flexibility index (Phi) is 7.26. The maximum absolute atomic E-state index is 12.9. The van der Waals surface area contributed by atoms with Crippen LogP contribution < -0.4 is 5.46 Å². The fourth-order valence-corrected chi connectivity index (χ4v) is 3.99. The Labute approximate surface area is 204 Å². The number of nitrogens with one attached hydrogen (secondary N) is 1. The van der Waals surface area contributed by atoms with E-state index in [1.165, 1.54) is 0 Å². The van der Waals surface area contributed by atoms with Crippen molar-refractivity contribution in [2.24, 2.45) is 0 Å². The molecule has 1 saturated heterocycles. The predicted molar refractivity (Wildman–Crippen MR) is 136 cm³/mol. The summed E-state index contributed by atoms with van der Waals surface area (Å²) in [5, 5.41) is 0.